The maximum absolute atomic E-state index is 15.6. The summed E-state index contributed by atoms with van der Waals surface area (Å²) in [5.74, 6) is -2.63. The van der Waals surface area contributed by atoms with Gasteiger partial charge in [-0.3, -0.25) is 14.8 Å². The molecular weight excluding hydrogens is 532 g/mol. The Morgan fingerprint density at radius 3 is 2.29 bits per heavy atom. The van der Waals surface area contributed by atoms with Crippen molar-refractivity contribution in [3.8, 4) is 17.2 Å². The number of ether oxygens (including phenoxy) is 2. The van der Waals surface area contributed by atoms with Crippen molar-refractivity contribution in [2.24, 2.45) is 0 Å². The fraction of sp³-hybridized carbons (Fsp3) is 0.172. The summed E-state index contributed by atoms with van der Waals surface area (Å²) in [6.07, 6.45) is 6.62. The van der Waals surface area contributed by atoms with Crippen LogP contribution in [-0.2, 0) is 6.54 Å². The Hall–Kier alpha value is -5.26. The van der Waals surface area contributed by atoms with Crippen LogP contribution in [0.25, 0.3) is 11.3 Å². The zero-order valence-electron chi connectivity index (χ0n) is 22.8. The number of carbonyl (C=O) groups excluding carboxylic acids is 1. The molecule has 12 heteroatoms. The first-order valence-corrected chi connectivity index (χ1v) is 12.5. The highest BCUT2D eigenvalue weighted by molar-refractivity contribution is 6.21. The first-order valence-electron chi connectivity index (χ1n) is 12.5. The van der Waals surface area contributed by atoms with Gasteiger partial charge in [0.05, 0.1) is 43.5 Å². The lowest BCUT2D eigenvalue weighted by molar-refractivity contribution is 0.251. The highest BCUT2D eigenvalue weighted by Crippen LogP contribution is 2.43. The molecule has 5 rings (SSSR count). The van der Waals surface area contributed by atoms with Gasteiger partial charge in [-0.1, -0.05) is 0 Å². The van der Waals surface area contributed by atoms with Crippen LogP contribution in [0.15, 0.2) is 67.3 Å². The van der Waals surface area contributed by atoms with Crippen LogP contribution in [-0.4, -0.2) is 47.8 Å². The van der Waals surface area contributed by atoms with E-state index < -0.39 is 23.4 Å². The highest BCUT2D eigenvalue weighted by Gasteiger charge is 2.38. The summed E-state index contributed by atoms with van der Waals surface area (Å²) in [4.78, 5) is 21.0. The van der Waals surface area contributed by atoms with Crippen LogP contribution in [0.4, 0.5) is 30.6 Å². The van der Waals surface area contributed by atoms with E-state index in [2.05, 4.69) is 15.4 Å². The average molecular weight is 560 g/mol. The molecule has 2 aromatic heterocycles. The molecule has 3 heterocycles. The van der Waals surface area contributed by atoms with Gasteiger partial charge in [0, 0.05) is 54.8 Å². The summed E-state index contributed by atoms with van der Waals surface area (Å²) in [6, 6.07) is 10.8. The number of pyridine rings is 1. The number of rotatable bonds is 8. The van der Waals surface area contributed by atoms with Gasteiger partial charge >= 0.3 is 6.03 Å². The van der Waals surface area contributed by atoms with E-state index in [0.717, 1.165) is 16.7 Å². The first-order chi connectivity index (χ1) is 19.8. The Morgan fingerprint density at radius 2 is 1.73 bits per heavy atom. The van der Waals surface area contributed by atoms with E-state index in [4.69, 9.17) is 14.9 Å². The molecule has 0 saturated carbocycles. The van der Waals surface area contributed by atoms with Crippen molar-refractivity contribution in [2.45, 2.75) is 13.5 Å². The van der Waals surface area contributed by atoms with E-state index in [9.17, 15) is 4.79 Å². The maximum Gasteiger partial charge on any atom is 0.334 e. The third-order valence-corrected chi connectivity index (χ3v) is 6.62. The summed E-state index contributed by atoms with van der Waals surface area (Å²) < 4.78 is 43.0. The minimum Gasteiger partial charge on any atom is -0.493 e. The molecule has 41 heavy (non-hydrogen) atoms. The molecule has 2 N–H and O–H groups in total. The quantitative estimate of drug-likeness (QED) is 0.278. The molecule has 0 saturated heterocycles. The number of urea groups is 1. The second-order valence-corrected chi connectivity index (χ2v) is 9.10. The second-order valence-electron chi connectivity index (χ2n) is 9.10. The number of anilines is 3. The van der Waals surface area contributed by atoms with E-state index in [-0.39, 0.29) is 23.8 Å². The minimum absolute atomic E-state index is 0.178. The van der Waals surface area contributed by atoms with Gasteiger partial charge in [0.15, 0.2) is 23.1 Å². The van der Waals surface area contributed by atoms with Gasteiger partial charge in [-0.25, -0.2) is 18.3 Å². The van der Waals surface area contributed by atoms with Crippen molar-refractivity contribution < 1.29 is 23.0 Å². The summed E-state index contributed by atoms with van der Waals surface area (Å²) in [5, 5.41) is 15.3. The number of methoxy groups -OCH3 is 2. The molecule has 1 aliphatic heterocycles. The van der Waals surface area contributed by atoms with Gasteiger partial charge in [0.25, 0.3) is 0 Å². The number of nitrogens with one attached hydrogen (secondary N) is 2. The van der Waals surface area contributed by atoms with Gasteiger partial charge in [-0.15, -0.1) is 0 Å². The van der Waals surface area contributed by atoms with E-state index in [1.807, 2.05) is 0 Å². The van der Waals surface area contributed by atoms with Crippen molar-refractivity contribution in [1.29, 1.82) is 5.41 Å². The predicted octanol–water partition coefficient (Wildman–Crippen LogP) is 5.44. The van der Waals surface area contributed by atoms with Crippen LogP contribution >= 0.6 is 0 Å². The number of benzene rings is 2. The standard InChI is InChI=1S/C29H27F2N7O3/c1-17(32)21(15-33-2)22-12-23-18(14-34-22)16-36(28-26(30)24(40-3)13-25(41-4)27(28)31)29(39)38(23)20-8-6-19(7-9-20)37-11-5-10-35-37/h5-15,32-33H,16H2,1-4H3/b21-15+,32-17?. The lowest BCUT2D eigenvalue weighted by Crippen LogP contribution is -2.46. The Bertz CT molecular complexity index is 1630. The van der Waals surface area contributed by atoms with Crippen molar-refractivity contribution in [2.75, 3.05) is 31.1 Å². The molecule has 0 bridgehead atoms. The Balaban J connectivity index is 1.70. The van der Waals surface area contributed by atoms with Gasteiger partial charge in [-0.05, 0) is 43.3 Å². The van der Waals surface area contributed by atoms with Crippen molar-refractivity contribution in [3.63, 3.8) is 0 Å². The van der Waals surface area contributed by atoms with Gasteiger partial charge < -0.3 is 20.2 Å². The first kappa shape index (κ1) is 27.3. The van der Waals surface area contributed by atoms with Crippen LogP contribution in [0.2, 0.25) is 0 Å². The topological polar surface area (TPSA) is 109 Å². The van der Waals surface area contributed by atoms with Crippen LogP contribution < -0.4 is 24.6 Å². The molecule has 0 radical (unpaired) electrons. The van der Waals surface area contributed by atoms with E-state index in [1.165, 1.54) is 25.3 Å². The highest BCUT2D eigenvalue weighted by atomic mass is 19.1. The molecule has 1 aliphatic rings. The van der Waals surface area contributed by atoms with Crippen molar-refractivity contribution in [1.82, 2.24) is 20.1 Å². The van der Waals surface area contributed by atoms with Crippen molar-refractivity contribution >= 4 is 34.4 Å². The maximum atomic E-state index is 15.6. The van der Waals surface area contributed by atoms with Crippen LogP contribution in [0.3, 0.4) is 0 Å². The molecule has 0 atom stereocenters. The van der Waals surface area contributed by atoms with Gasteiger partial charge in [0.2, 0.25) is 0 Å². The summed E-state index contributed by atoms with van der Waals surface area (Å²) in [7, 11) is 4.20. The molecular formula is C29H27F2N7O3. The summed E-state index contributed by atoms with van der Waals surface area (Å²) in [5.41, 5.74) is 2.81. The number of fused-ring (bicyclic) bond motifs is 1. The van der Waals surface area contributed by atoms with Crippen LogP contribution in [0.5, 0.6) is 11.5 Å². The molecule has 10 nitrogen and oxygen atoms in total. The number of allylic oxidation sites excluding steroid dienone is 1. The third kappa shape index (κ3) is 4.84. The molecule has 210 valence electrons. The smallest absolute Gasteiger partial charge is 0.334 e. The number of nitrogens with zero attached hydrogens (tertiary/aromatic N) is 5. The van der Waals surface area contributed by atoms with Gasteiger partial charge in [-0.2, -0.15) is 5.10 Å². The minimum atomic E-state index is -1.04. The Morgan fingerprint density at radius 1 is 1.07 bits per heavy atom. The fourth-order valence-corrected chi connectivity index (χ4v) is 4.64. The molecule has 0 fully saturated rings. The van der Waals surface area contributed by atoms with E-state index in [0.29, 0.717) is 28.2 Å². The Kier molecular flexibility index (Phi) is 7.38. The summed E-state index contributed by atoms with van der Waals surface area (Å²) >= 11 is 0. The summed E-state index contributed by atoms with van der Waals surface area (Å²) in [6.45, 7) is 1.45. The molecule has 4 aromatic rings. The lowest BCUT2D eigenvalue weighted by Gasteiger charge is -2.37. The number of hydrogen-bond donors (Lipinski definition) is 2. The number of carbonyl (C=O) groups is 1. The second kappa shape index (κ2) is 11.1. The molecule has 2 aromatic carbocycles. The fourth-order valence-electron chi connectivity index (χ4n) is 4.64. The average Bonchev–Trinajstić information content (AvgIpc) is 3.51. The zero-order valence-corrected chi connectivity index (χ0v) is 22.8. The largest absolute Gasteiger partial charge is 0.493 e. The molecule has 0 aliphatic carbocycles. The monoisotopic (exact) mass is 559 g/mol. The van der Waals surface area contributed by atoms with Crippen molar-refractivity contribution in [3.05, 3.63) is 90.1 Å². The number of halogens is 2. The normalized spacial score (nSPS) is 13.2. The van der Waals surface area contributed by atoms with Crippen LogP contribution in [0, 0.1) is 17.0 Å². The van der Waals surface area contributed by atoms with Gasteiger partial charge in [0.1, 0.15) is 5.69 Å². The molecule has 0 spiro atoms. The SMILES string of the molecule is CN/C=C(\C(C)=N)c1cc2c(cn1)CN(c1c(F)c(OC)cc(OC)c1F)C(=O)N2c1ccc(-n2cccn2)cc1. The van der Waals surface area contributed by atoms with Crippen LogP contribution in [0.1, 0.15) is 18.2 Å². The number of amides is 2. The zero-order chi connectivity index (χ0) is 29.3. The van der Waals surface area contributed by atoms with E-state index >= 15 is 8.78 Å². The number of aromatic nitrogens is 3. The molecule has 2 amide bonds. The third-order valence-electron chi connectivity index (χ3n) is 6.62. The van der Waals surface area contributed by atoms with E-state index in [1.54, 1.807) is 73.6 Å². The lowest BCUT2D eigenvalue weighted by atomic mass is 10.0. The number of hydrogen-bond acceptors (Lipinski definition) is 7. The Labute approximate surface area is 234 Å². The predicted molar refractivity (Wildman–Crippen MR) is 151 cm³/mol. The molecule has 0 unspecified atom stereocenters.